The summed E-state index contributed by atoms with van der Waals surface area (Å²) in [5, 5.41) is 39.6. The number of hydrogen-bond acceptors (Lipinski definition) is 12. The van der Waals surface area contributed by atoms with Crippen LogP contribution in [0.1, 0.15) is 95.4 Å². The largest absolute Gasteiger partial charge is 0.465 e. The summed E-state index contributed by atoms with van der Waals surface area (Å²) in [5.41, 5.74) is 8.36. The second-order valence-electron chi connectivity index (χ2n) is 20.9. The zero-order valence-electron chi connectivity index (χ0n) is 40.4. The predicted octanol–water partition coefficient (Wildman–Crippen LogP) is 6.78. The van der Waals surface area contributed by atoms with E-state index in [2.05, 4.69) is 99.7 Å². The molecular formula is C54H66N8O7. The van der Waals surface area contributed by atoms with Gasteiger partial charge in [0.15, 0.2) is 0 Å². The summed E-state index contributed by atoms with van der Waals surface area (Å²) in [6.07, 6.45) is 6.49. The highest BCUT2D eigenvalue weighted by atomic mass is 16.6. The molecule has 2 saturated heterocycles. The van der Waals surface area contributed by atoms with Crippen LogP contribution < -0.4 is 15.4 Å². The van der Waals surface area contributed by atoms with Gasteiger partial charge >= 0.3 is 0 Å². The van der Waals surface area contributed by atoms with E-state index < -0.39 is 30.7 Å². The maximum absolute atomic E-state index is 13.9. The number of carbonyl (C=O) groups excluding carboxylic acids is 1. The third-order valence-corrected chi connectivity index (χ3v) is 16.2. The Morgan fingerprint density at radius 1 is 0.913 bits per heavy atom. The van der Waals surface area contributed by atoms with E-state index in [9.17, 15) is 20.1 Å². The van der Waals surface area contributed by atoms with Crippen LogP contribution in [0.25, 0.3) is 39.0 Å². The zero-order chi connectivity index (χ0) is 47.9. The molecule has 1 amide bonds. The molecule has 15 nitrogen and oxygen atoms in total. The second kappa shape index (κ2) is 17.9. The standard InChI is InChI=1S/C54H66N8O7/c1-30(2)39(58-51(64)67-5)28-60-20-10-14-41(60)46-47-53(29-54(47,53)66)25-36(26-55-46)33-16-18-37-43-23-35-22-34(17-19-40(35)62(43)50(69-44(37)24-33)32-12-8-7-9-13-32)38-27-56-48(57-38)42-15-11-21-61(42)49(63)45(31(3)4)59-52(65)68-6/h7-9,12-13,16-19,22-24,26-27,30-31,39,41-42,45,47,50-52,58-59,64-66H,10-11,14-15,20-21,25,28-29H2,1-6H3,(H,56,57). The highest BCUT2D eigenvalue weighted by Crippen LogP contribution is 2.86. The van der Waals surface area contributed by atoms with Gasteiger partial charge in [0, 0.05) is 84.7 Å². The monoisotopic (exact) mass is 939 g/mol. The number of carbonyl (C=O) groups is 1. The summed E-state index contributed by atoms with van der Waals surface area (Å²) in [6, 6.07) is 24.9. The molecule has 6 aliphatic rings. The van der Waals surface area contributed by atoms with Crippen LogP contribution in [0.3, 0.4) is 0 Å². The first-order valence-corrected chi connectivity index (χ1v) is 24.9. The molecule has 2 aromatic heterocycles. The van der Waals surface area contributed by atoms with Gasteiger partial charge < -0.3 is 44.0 Å². The summed E-state index contributed by atoms with van der Waals surface area (Å²) in [4.78, 5) is 31.9. The molecule has 15 heteroatoms. The average Bonchev–Trinajstić information content (AvgIpc) is 3.84. The van der Waals surface area contributed by atoms with Crippen LogP contribution in [-0.4, -0.2) is 122 Å². The van der Waals surface area contributed by atoms with Gasteiger partial charge in [-0.15, -0.1) is 0 Å². The fraction of sp³-hybridized carbons (Fsp3) is 0.500. The lowest BCUT2D eigenvalue weighted by molar-refractivity contribution is -0.145. The first kappa shape index (κ1) is 46.2. The van der Waals surface area contributed by atoms with Crippen molar-refractivity contribution in [2.24, 2.45) is 28.2 Å². The highest BCUT2D eigenvalue weighted by Gasteiger charge is 2.92. The van der Waals surface area contributed by atoms with E-state index in [1.807, 2.05) is 43.1 Å². The van der Waals surface area contributed by atoms with E-state index >= 15 is 0 Å². The fourth-order valence-electron chi connectivity index (χ4n) is 12.2. The van der Waals surface area contributed by atoms with Crippen molar-refractivity contribution < 1.29 is 34.3 Å². The third kappa shape index (κ3) is 7.95. The van der Waals surface area contributed by atoms with Crippen LogP contribution in [0.4, 0.5) is 0 Å². The lowest BCUT2D eigenvalue weighted by atomic mass is 9.89. The molecule has 10 atom stereocenters. The van der Waals surface area contributed by atoms with Crippen molar-refractivity contribution in [3.05, 3.63) is 102 Å². The number of ether oxygens (including phenoxy) is 3. The van der Waals surface area contributed by atoms with Gasteiger partial charge in [0.1, 0.15) is 11.6 Å². The Morgan fingerprint density at radius 2 is 1.67 bits per heavy atom. The van der Waals surface area contributed by atoms with Gasteiger partial charge in [-0.3, -0.25) is 25.3 Å². The molecule has 3 aromatic carbocycles. The van der Waals surface area contributed by atoms with Crippen molar-refractivity contribution >= 4 is 28.1 Å². The number of likely N-dealkylation sites (tertiary alicyclic amines) is 2. The van der Waals surface area contributed by atoms with Crippen molar-refractivity contribution in [1.82, 2.24) is 35.0 Å². The molecule has 364 valence electrons. The number of fused-ring (bicyclic) bond motifs is 6. The number of nitrogens with zero attached hydrogens (tertiary/aromatic N) is 5. The molecular weight excluding hydrogens is 873 g/mol. The molecule has 0 bridgehead atoms. The number of amides is 1. The van der Waals surface area contributed by atoms with Crippen molar-refractivity contribution in [2.75, 3.05) is 33.9 Å². The van der Waals surface area contributed by atoms with Gasteiger partial charge in [0.2, 0.25) is 25.0 Å². The number of benzene rings is 3. The SMILES string of the molecule is COC(O)NC(CN1CCCC1C1=NC=C(c2ccc3c(c2)OC(c2ccccc2)n2c-3cc3cc(-c4cnc(C5CCCN5C(=O)C(NC(O)OC)C(C)C)[nH]4)ccc32)CC23CC2(O)C13)C(C)C. The number of aromatic amines is 1. The summed E-state index contributed by atoms with van der Waals surface area (Å²) in [5.74, 6) is 1.73. The number of H-pyrrole nitrogens is 1. The maximum Gasteiger partial charge on any atom is 0.240 e. The summed E-state index contributed by atoms with van der Waals surface area (Å²) < 4.78 is 19.5. The quantitative estimate of drug-likeness (QED) is 0.0575. The number of aliphatic hydroxyl groups excluding tert-OH is 2. The second-order valence-corrected chi connectivity index (χ2v) is 20.9. The summed E-state index contributed by atoms with van der Waals surface area (Å²) >= 11 is 0. The molecule has 4 fully saturated rings. The van der Waals surface area contributed by atoms with E-state index in [4.69, 9.17) is 24.2 Å². The van der Waals surface area contributed by atoms with Crippen molar-refractivity contribution in [2.45, 2.75) is 115 Å². The highest BCUT2D eigenvalue weighted by molar-refractivity contribution is 6.01. The molecule has 6 heterocycles. The number of methoxy groups -OCH3 is 2. The number of allylic oxidation sites excluding steroid dienone is 1. The van der Waals surface area contributed by atoms with Crippen molar-refractivity contribution in [3.8, 4) is 28.3 Å². The number of aromatic nitrogens is 3. The van der Waals surface area contributed by atoms with Gasteiger partial charge in [-0.05, 0) is 98.4 Å². The summed E-state index contributed by atoms with van der Waals surface area (Å²) in [6.45, 7) is 10.5. The van der Waals surface area contributed by atoms with Crippen LogP contribution >= 0.6 is 0 Å². The Hall–Kier alpha value is -5.23. The van der Waals surface area contributed by atoms with E-state index in [1.54, 1.807) is 0 Å². The van der Waals surface area contributed by atoms with Gasteiger partial charge in [-0.2, -0.15) is 0 Å². The van der Waals surface area contributed by atoms with Gasteiger partial charge in [-0.25, -0.2) is 4.98 Å². The van der Waals surface area contributed by atoms with Crippen LogP contribution in [0, 0.1) is 23.2 Å². The number of hydrogen-bond donors (Lipinski definition) is 6. The molecule has 6 N–H and O–H groups in total. The predicted molar refractivity (Wildman–Crippen MR) is 264 cm³/mol. The molecule has 0 radical (unpaired) electrons. The number of aliphatic imine (C=N–C) groups is 1. The molecule has 11 rings (SSSR count). The van der Waals surface area contributed by atoms with E-state index in [1.165, 1.54) is 14.2 Å². The summed E-state index contributed by atoms with van der Waals surface area (Å²) in [7, 11) is 2.90. The number of imidazole rings is 1. The molecule has 4 aliphatic heterocycles. The van der Waals surface area contributed by atoms with Gasteiger partial charge in [-0.1, -0.05) is 70.2 Å². The lowest BCUT2D eigenvalue weighted by Gasteiger charge is -2.33. The molecule has 5 aromatic rings. The number of nitrogens with one attached hydrogen (secondary N) is 3. The minimum Gasteiger partial charge on any atom is -0.465 e. The Bertz CT molecular complexity index is 2800. The number of rotatable bonds is 16. The van der Waals surface area contributed by atoms with Crippen LogP contribution in [0.15, 0.2) is 90.2 Å². The smallest absolute Gasteiger partial charge is 0.240 e. The fourth-order valence-corrected chi connectivity index (χ4v) is 12.2. The molecule has 1 spiro atoms. The van der Waals surface area contributed by atoms with E-state index in [-0.39, 0.29) is 47.2 Å². The molecule has 10 unspecified atom stereocenters. The Balaban J connectivity index is 0.892. The Morgan fingerprint density at radius 3 is 2.42 bits per heavy atom. The van der Waals surface area contributed by atoms with Crippen LogP contribution in [0.2, 0.25) is 0 Å². The molecule has 2 saturated carbocycles. The minimum atomic E-state index is -1.24. The Kier molecular flexibility index (Phi) is 12.0. The van der Waals surface area contributed by atoms with E-state index in [0.717, 1.165) is 119 Å². The van der Waals surface area contributed by atoms with Crippen molar-refractivity contribution in [3.63, 3.8) is 0 Å². The minimum absolute atomic E-state index is 0.0305. The van der Waals surface area contributed by atoms with Crippen molar-refractivity contribution in [1.29, 1.82) is 0 Å². The topological polar surface area (TPSA) is 182 Å². The van der Waals surface area contributed by atoms with Crippen LogP contribution in [-0.2, 0) is 14.3 Å². The zero-order valence-corrected chi connectivity index (χ0v) is 40.4. The first-order valence-electron chi connectivity index (χ1n) is 24.9. The van der Waals surface area contributed by atoms with Gasteiger partial charge in [0.25, 0.3) is 0 Å². The third-order valence-electron chi connectivity index (χ3n) is 16.2. The maximum atomic E-state index is 13.9. The first-order chi connectivity index (χ1) is 33.3. The van der Waals surface area contributed by atoms with E-state index in [0.29, 0.717) is 6.54 Å². The molecule has 69 heavy (non-hydrogen) atoms. The normalized spacial score (nSPS) is 27.7. The molecule has 2 aliphatic carbocycles. The van der Waals surface area contributed by atoms with Crippen LogP contribution in [0.5, 0.6) is 5.75 Å². The van der Waals surface area contributed by atoms with Gasteiger partial charge in [0.05, 0.1) is 40.8 Å². The Labute approximate surface area is 403 Å². The number of aliphatic hydroxyl groups is 3. The lowest BCUT2D eigenvalue weighted by Crippen LogP contribution is -2.52. The average molecular weight is 939 g/mol.